The number of nitrogens with zero attached hydrogens (tertiary/aromatic N) is 1. The lowest BCUT2D eigenvalue weighted by Gasteiger charge is -2.23. The third-order valence-electron chi connectivity index (χ3n) is 2.42. The Kier molecular flexibility index (Phi) is 4.95. The molecule has 0 aliphatic carbocycles. The summed E-state index contributed by atoms with van der Waals surface area (Å²) in [6.07, 6.45) is 0. The van der Waals surface area contributed by atoms with Crippen molar-refractivity contribution in [2.75, 3.05) is 13.2 Å². The van der Waals surface area contributed by atoms with Crippen molar-refractivity contribution < 1.29 is 9.90 Å². The summed E-state index contributed by atoms with van der Waals surface area (Å²) in [5, 5.41) is 8.84. The van der Waals surface area contributed by atoms with E-state index in [4.69, 9.17) is 10.8 Å². The van der Waals surface area contributed by atoms with Crippen LogP contribution in [0.3, 0.4) is 0 Å². The van der Waals surface area contributed by atoms with Gasteiger partial charge in [0.25, 0.3) is 0 Å². The molecule has 1 atom stereocenters. The first-order chi connectivity index (χ1) is 7.69. The standard InChI is InChI=1S/C12H18N2O2/c1-2-14(12(16)11(13)9-15)8-10-6-4-3-5-7-10/h3-7,11,15H,2,8-9,13H2,1H3. The molecule has 4 nitrogen and oxygen atoms in total. The number of carbonyl (C=O) groups excluding carboxylic acids is 1. The van der Waals surface area contributed by atoms with Crippen LogP contribution >= 0.6 is 0 Å². The molecule has 0 bridgehead atoms. The lowest BCUT2D eigenvalue weighted by atomic mass is 10.2. The Bertz CT molecular complexity index is 327. The maximum atomic E-state index is 11.8. The maximum absolute atomic E-state index is 11.8. The minimum atomic E-state index is -0.816. The number of hydrogen-bond acceptors (Lipinski definition) is 3. The average Bonchev–Trinajstić information content (AvgIpc) is 2.35. The highest BCUT2D eigenvalue weighted by Crippen LogP contribution is 2.05. The summed E-state index contributed by atoms with van der Waals surface area (Å²) >= 11 is 0. The molecule has 3 N–H and O–H groups in total. The first-order valence-electron chi connectivity index (χ1n) is 5.38. The van der Waals surface area contributed by atoms with Gasteiger partial charge in [-0.3, -0.25) is 4.79 Å². The van der Waals surface area contributed by atoms with E-state index in [0.717, 1.165) is 5.56 Å². The molecular weight excluding hydrogens is 204 g/mol. The molecule has 0 saturated heterocycles. The number of likely N-dealkylation sites (N-methyl/N-ethyl adjacent to an activating group) is 1. The molecule has 1 aromatic carbocycles. The van der Waals surface area contributed by atoms with Gasteiger partial charge in [0.15, 0.2) is 0 Å². The molecule has 0 heterocycles. The second-order valence-corrected chi connectivity index (χ2v) is 3.63. The normalized spacial score (nSPS) is 12.2. The van der Waals surface area contributed by atoms with E-state index in [1.807, 2.05) is 37.3 Å². The number of nitrogens with two attached hydrogens (primary N) is 1. The molecule has 1 aromatic rings. The van der Waals surface area contributed by atoms with Crippen LogP contribution in [0.25, 0.3) is 0 Å². The largest absolute Gasteiger partial charge is 0.394 e. The molecule has 4 heteroatoms. The van der Waals surface area contributed by atoms with Gasteiger partial charge in [0, 0.05) is 13.1 Å². The Morgan fingerprint density at radius 3 is 2.56 bits per heavy atom. The Morgan fingerprint density at radius 2 is 2.06 bits per heavy atom. The number of benzene rings is 1. The number of amides is 1. The molecule has 0 spiro atoms. The minimum Gasteiger partial charge on any atom is -0.394 e. The van der Waals surface area contributed by atoms with Gasteiger partial charge in [0.05, 0.1) is 6.61 Å². The SMILES string of the molecule is CCN(Cc1ccccc1)C(=O)C(N)CO. The van der Waals surface area contributed by atoms with Gasteiger partial charge in [-0.1, -0.05) is 30.3 Å². The van der Waals surface area contributed by atoms with E-state index in [0.29, 0.717) is 13.1 Å². The highest BCUT2D eigenvalue weighted by Gasteiger charge is 2.18. The third kappa shape index (κ3) is 3.32. The van der Waals surface area contributed by atoms with E-state index >= 15 is 0 Å². The Morgan fingerprint density at radius 1 is 1.44 bits per heavy atom. The van der Waals surface area contributed by atoms with Gasteiger partial charge >= 0.3 is 0 Å². The molecule has 0 aliphatic rings. The maximum Gasteiger partial charge on any atom is 0.242 e. The molecule has 0 aromatic heterocycles. The van der Waals surface area contributed by atoms with Crippen LogP contribution in [0, 0.1) is 0 Å². The fraction of sp³-hybridized carbons (Fsp3) is 0.417. The van der Waals surface area contributed by atoms with Crippen molar-refractivity contribution in [2.24, 2.45) is 5.73 Å². The van der Waals surface area contributed by atoms with Crippen molar-refractivity contribution >= 4 is 5.91 Å². The minimum absolute atomic E-state index is 0.214. The van der Waals surface area contributed by atoms with Gasteiger partial charge in [-0.05, 0) is 12.5 Å². The predicted molar refractivity (Wildman–Crippen MR) is 62.6 cm³/mol. The van der Waals surface area contributed by atoms with Crippen LogP contribution in [-0.4, -0.2) is 35.1 Å². The third-order valence-corrected chi connectivity index (χ3v) is 2.42. The average molecular weight is 222 g/mol. The molecular formula is C12H18N2O2. The summed E-state index contributed by atoms with van der Waals surface area (Å²) in [5.41, 5.74) is 6.56. The molecule has 88 valence electrons. The summed E-state index contributed by atoms with van der Waals surface area (Å²) in [7, 11) is 0. The van der Waals surface area contributed by atoms with Crippen molar-refractivity contribution in [3.8, 4) is 0 Å². The van der Waals surface area contributed by atoms with Crippen molar-refractivity contribution in [2.45, 2.75) is 19.5 Å². The summed E-state index contributed by atoms with van der Waals surface area (Å²) in [6.45, 7) is 2.69. The summed E-state index contributed by atoms with van der Waals surface area (Å²) in [4.78, 5) is 13.4. The molecule has 1 rings (SSSR count). The van der Waals surface area contributed by atoms with Crippen molar-refractivity contribution in [3.63, 3.8) is 0 Å². The van der Waals surface area contributed by atoms with Crippen molar-refractivity contribution in [1.29, 1.82) is 0 Å². The van der Waals surface area contributed by atoms with E-state index in [1.54, 1.807) is 4.90 Å². The molecule has 0 radical (unpaired) electrons. The van der Waals surface area contributed by atoms with Crippen molar-refractivity contribution in [1.82, 2.24) is 4.90 Å². The van der Waals surface area contributed by atoms with Gasteiger partial charge in [0.1, 0.15) is 6.04 Å². The fourth-order valence-electron chi connectivity index (χ4n) is 1.46. The predicted octanol–water partition coefficient (Wildman–Crippen LogP) is 0.355. The number of hydrogen-bond donors (Lipinski definition) is 2. The molecule has 1 amide bonds. The summed E-state index contributed by atoms with van der Waals surface area (Å²) in [6, 6.07) is 8.89. The molecule has 0 aliphatic heterocycles. The van der Waals surface area contributed by atoms with Crippen LogP contribution in [0.15, 0.2) is 30.3 Å². The zero-order chi connectivity index (χ0) is 12.0. The number of aliphatic hydroxyl groups is 1. The van der Waals surface area contributed by atoms with Crippen LogP contribution in [0.4, 0.5) is 0 Å². The lowest BCUT2D eigenvalue weighted by molar-refractivity contribution is -0.133. The van der Waals surface area contributed by atoms with E-state index in [2.05, 4.69) is 0 Å². The number of aliphatic hydroxyl groups excluding tert-OH is 1. The lowest BCUT2D eigenvalue weighted by Crippen LogP contribution is -2.45. The van der Waals surface area contributed by atoms with Crippen LogP contribution in [0.5, 0.6) is 0 Å². The fourth-order valence-corrected chi connectivity index (χ4v) is 1.46. The monoisotopic (exact) mass is 222 g/mol. The smallest absolute Gasteiger partial charge is 0.242 e. The van der Waals surface area contributed by atoms with E-state index in [1.165, 1.54) is 0 Å². The molecule has 0 fully saturated rings. The van der Waals surface area contributed by atoms with Gasteiger partial charge in [0.2, 0.25) is 5.91 Å². The van der Waals surface area contributed by atoms with E-state index in [9.17, 15) is 4.79 Å². The molecule has 0 saturated carbocycles. The van der Waals surface area contributed by atoms with Crippen LogP contribution in [0.1, 0.15) is 12.5 Å². The molecule has 16 heavy (non-hydrogen) atoms. The van der Waals surface area contributed by atoms with Crippen LogP contribution in [0.2, 0.25) is 0 Å². The van der Waals surface area contributed by atoms with Gasteiger partial charge in [-0.25, -0.2) is 0 Å². The molecule has 1 unspecified atom stereocenters. The summed E-state index contributed by atoms with van der Waals surface area (Å²) < 4.78 is 0. The topological polar surface area (TPSA) is 66.6 Å². The van der Waals surface area contributed by atoms with Gasteiger partial charge in [-0.2, -0.15) is 0 Å². The van der Waals surface area contributed by atoms with E-state index < -0.39 is 6.04 Å². The van der Waals surface area contributed by atoms with E-state index in [-0.39, 0.29) is 12.5 Å². The highest BCUT2D eigenvalue weighted by atomic mass is 16.3. The quantitative estimate of drug-likeness (QED) is 0.755. The Hall–Kier alpha value is -1.39. The van der Waals surface area contributed by atoms with Crippen LogP contribution < -0.4 is 5.73 Å². The van der Waals surface area contributed by atoms with Crippen molar-refractivity contribution in [3.05, 3.63) is 35.9 Å². The van der Waals surface area contributed by atoms with Crippen LogP contribution in [-0.2, 0) is 11.3 Å². The zero-order valence-electron chi connectivity index (χ0n) is 9.47. The van der Waals surface area contributed by atoms with Gasteiger partial charge < -0.3 is 15.7 Å². The second kappa shape index (κ2) is 6.25. The Balaban J connectivity index is 2.66. The summed E-state index contributed by atoms with van der Waals surface area (Å²) in [5.74, 6) is -0.214. The Labute approximate surface area is 95.7 Å². The highest BCUT2D eigenvalue weighted by molar-refractivity contribution is 5.81. The zero-order valence-corrected chi connectivity index (χ0v) is 9.47. The van der Waals surface area contributed by atoms with Gasteiger partial charge in [-0.15, -0.1) is 0 Å². The number of rotatable bonds is 5. The number of carbonyl (C=O) groups is 1. The second-order valence-electron chi connectivity index (χ2n) is 3.63. The first kappa shape index (κ1) is 12.7. The first-order valence-corrected chi connectivity index (χ1v) is 5.38.